The Morgan fingerprint density at radius 3 is 2.23 bits per heavy atom. The second-order valence-corrected chi connectivity index (χ2v) is 4.98. The summed E-state index contributed by atoms with van der Waals surface area (Å²) in [6.07, 6.45) is 4.05. The number of nitrogens with two attached hydrogens (primary N) is 1. The molecule has 0 spiro atoms. The van der Waals surface area contributed by atoms with Crippen molar-refractivity contribution < 1.29 is 25.5 Å². The number of rotatable bonds is 5. The first-order valence-corrected chi connectivity index (χ1v) is 7.39. The minimum Gasteiger partial charge on any atom is -0.677 e. The van der Waals surface area contributed by atoms with Gasteiger partial charge in [0.25, 0.3) is 0 Å². The van der Waals surface area contributed by atoms with E-state index in [2.05, 4.69) is 13.0 Å². The number of hydrogen-bond acceptors (Lipinski definition) is 1. The van der Waals surface area contributed by atoms with E-state index in [-0.39, 0.29) is 26.9 Å². The molecule has 4 heteroatoms. The number of nitrogens with one attached hydrogen (secondary N) is 1. The molecule has 2 nitrogen and oxygen atoms in total. The zero-order chi connectivity index (χ0) is 15.5. The molecule has 0 radical (unpaired) electrons. The van der Waals surface area contributed by atoms with Gasteiger partial charge in [0.1, 0.15) is 5.82 Å². The molecule has 0 amide bonds. The molecule has 0 saturated heterocycles. The van der Waals surface area contributed by atoms with Crippen LogP contribution in [0.1, 0.15) is 30.9 Å². The summed E-state index contributed by atoms with van der Waals surface area (Å²) in [5.41, 5.74) is 15.8. The summed E-state index contributed by atoms with van der Waals surface area (Å²) in [4.78, 5) is 0. The summed E-state index contributed by atoms with van der Waals surface area (Å²) < 4.78 is 12.4. The van der Waals surface area contributed by atoms with Gasteiger partial charge in [0, 0.05) is 26.8 Å². The number of benzene rings is 2. The molecule has 0 bridgehead atoms. The van der Waals surface area contributed by atoms with Crippen molar-refractivity contribution in [1.29, 1.82) is 0 Å². The van der Waals surface area contributed by atoms with Gasteiger partial charge in [-0.1, -0.05) is 44.0 Å². The molecule has 2 aromatic carbocycles. The van der Waals surface area contributed by atoms with Gasteiger partial charge in [-0.3, -0.25) is 0 Å². The monoisotopic (exact) mass is 471 g/mol. The van der Waals surface area contributed by atoms with E-state index in [1.54, 1.807) is 12.1 Å². The van der Waals surface area contributed by atoms with E-state index in [0.29, 0.717) is 6.54 Å². The van der Waals surface area contributed by atoms with Crippen molar-refractivity contribution >= 4 is 5.69 Å². The standard InChI is InChI=1S/C9H11FN.C9H13N.W/c10-9-5-3-8(4-6-9)2-1-7-11;1-2-4-8-5-3-6-9(10)7-8;/h3-6,11H,1-2,7H2;3,5-7H,2,4,10H2,1H3;/q-1;;. The van der Waals surface area contributed by atoms with Gasteiger partial charge in [-0.25, -0.2) is 4.39 Å². The van der Waals surface area contributed by atoms with E-state index < -0.39 is 0 Å². The molecule has 0 aliphatic rings. The Morgan fingerprint density at radius 2 is 1.68 bits per heavy atom. The Labute approximate surface area is 147 Å². The van der Waals surface area contributed by atoms with Gasteiger partial charge in [-0.05, 0) is 48.2 Å². The van der Waals surface area contributed by atoms with Gasteiger partial charge >= 0.3 is 0 Å². The van der Waals surface area contributed by atoms with E-state index in [0.717, 1.165) is 30.5 Å². The van der Waals surface area contributed by atoms with Gasteiger partial charge in [-0.15, -0.1) is 0 Å². The van der Waals surface area contributed by atoms with E-state index in [1.165, 1.54) is 24.1 Å². The number of hydrogen-bond donors (Lipinski definition) is 1. The van der Waals surface area contributed by atoms with Gasteiger partial charge in [-0.2, -0.15) is 6.54 Å². The summed E-state index contributed by atoms with van der Waals surface area (Å²) in [7, 11) is 0. The van der Waals surface area contributed by atoms with Crippen molar-refractivity contribution in [3.63, 3.8) is 0 Å². The summed E-state index contributed by atoms with van der Waals surface area (Å²) in [5, 5.41) is 0. The minimum absolute atomic E-state index is 0. The van der Waals surface area contributed by atoms with Crippen LogP contribution in [0.25, 0.3) is 5.73 Å². The van der Waals surface area contributed by atoms with Crippen molar-refractivity contribution in [2.75, 3.05) is 12.3 Å². The van der Waals surface area contributed by atoms with Crippen LogP contribution in [0.15, 0.2) is 48.5 Å². The predicted octanol–water partition coefficient (Wildman–Crippen LogP) is 5.03. The summed E-state index contributed by atoms with van der Waals surface area (Å²) in [5.74, 6) is -0.195. The van der Waals surface area contributed by atoms with Crippen LogP contribution in [-0.4, -0.2) is 6.54 Å². The average molecular weight is 471 g/mol. The fourth-order valence-electron chi connectivity index (χ4n) is 1.98. The Hall–Kier alpha value is -1.18. The van der Waals surface area contributed by atoms with Gasteiger partial charge in [0.05, 0.1) is 0 Å². The molecule has 0 fully saturated rings. The molecule has 0 aliphatic carbocycles. The molecule has 2 aromatic rings. The summed E-state index contributed by atoms with van der Waals surface area (Å²) in [6, 6.07) is 14.5. The second-order valence-electron chi connectivity index (χ2n) is 4.98. The molecular weight excluding hydrogens is 447 g/mol. The molecule has 120 valence electrons. The van der Waals surface area contributed by atoms with E-state index in [1.807, 2.05) is 18.2 Å². The maximum atomic E-state index is 12.4. The molecule has 0 unspecified atom stereocenters. The van der Waals surface area contributed by atoms with Crippen molar-refractivity contribution in [2.45, 2.75) is 32.6 Å². The summed E-state index contributed by atoms with van der Waals surface area (Å²) in [6.45, 7) is 2.61. The third kappa shape index (κ3) is 8.96. The maximum Gasteiger partial charge on any atom is 0.123 e. The van der Waals surface area contributed by atoms with E-state index in [4.69, 9.17) is 11.5 Å². The minimum atomic E-state index is -0.195. The smallest absolute Gasteiger partial charge is 0.123 e. The quantitative estimate of drug-likeness (QED) is 0.612. The van der Waals surface area contributed by atoms with Crippen LogP contribution in [0.5, 0.6) is 0 Å². The van der Waals surface area contributed by atoms with Gasteiger partial charge in [0.2, 0.25) is 0 Å². The zero-order valence-electron chi connectivity index (χ0n) is 13.0. The molecule has 0 aliphatic heterocycles. The van der Waals surface area contributed by atoms with Crippen molar-refractivity contribution in [3.05, 3.63) is 71.2 Å². The molecule has 0 aromatic heterocycles. The Bertz CT molecular complexity index is 515. The van der Waals surface area contributed by atoms with Crippen LogP contribution in [0.3, 0.4) is 0 Å². The normalized spacial score (nSPS) is 9.41. The molecule has 22 heavy (non-hydrogen) atoms. The first-order valence-electron chi connectivity index (χ1n) is 7.39. The van der Waals surface area contributed by atoms with Crippen molar-refractivity contribution in [3.8, 4) is 0 Å². The van der Waals surface area contributed by atoms with Crippen LogP contribution < -0.4 is 5.73 Å². The first-order chi connectivity index (χ1) is 10.2. The second kappa shape index (κ2) is 12.4. The van der Waals surface area contributed by atoms with Crippen LogP contribution >= 0.6 is 0 Å². The molecule has 0 heterocycles. The number of nitrogen functional groups attached to an aromatic ring is 1. The first kappa shape index (κ1) is 20.8. The van der Waals surface area contributed by atoms with Gasteiger partial charge < -0.3 is 11.5 Å². The van der Waals surface area contributed by atoms with E-state index >= 15 is 0 Å². The van der Waals surface area contributed by atoms with Crippen LogP contribution in [0.2, 0.25) is 0 Å². The SMILES string of the molecule is CCCc1cccc(N)c1.[NH-]CCCc1ccc(F)cc1.[W]. The number of halogens is 1. The molecule has 3 N–H and O–H groups in total. The molecular formula is C18H24FN2W-. The molecule has 0 atom stereocenters. The van der Waals surface area contributed by atoms with Crippen molar-refractivity contribution in [2.24, 2.45) is 0 Å². The zero-order valence-corrected chi connectivity index (χ0v) is 16.0. The average Bonchev–Trinajstić information content (AvgIpc) is 2.48. The Kier molecular flexibility index (Phi) is 11.7. The molecule has 0 saturated carbocycles. The van der Waals surface area contributed by atoms with Crippen LogP contribution in [0, 0.1) is 5.82 Å². The number of aryl methyl sites for hydroxylation is 2. The van der Waals surface area contributed by atoms with Crippen LogP contribution in [0.4, 0.5) is 10.1 Å². The molecule has 2 rings (SSSR count). The number of anilines is 1. The fourth-order valence-corrected chi connectivity index (χ4v) is 1.98. The van der Waals surface area contributed by atoms with E-state index in [9.17, 15) is 4.39 Å². The Balaban J connectivity index is 0.000000385. The van der Waals surface area contributed by atoms with Gasteiger partial charge in [0.15, 0.2) is 0 Å². The topological polar surface area (TPSA) is 49.8 Å². The predicted molar refractivity (Wildman–Crippen MR) is 88.8 cm³/mol. The third-order valence-corrected chi connectivity index (χ3v) is 3.05. The largest absolute Gasteiger partial charge is 0.677 e. The fraction of sp³-hybridized carbons (Fsp3) is 0.333. The third-order valence-electron chi connectivity index (χ3n) is 3.05. The van der Waals surface area contributed by atoms with Crippen molar-refractivity contribution in [1.82, 2.24) is 0 Å². The van der Waals surface area contributed by atoms with Crippen LogP contribution in [-0.2, 0) is 33.9 Å². The summed E-state index contributed by atoms with van der Waals surface area (Å²) >= 11 is 0. The Morgan fingerprint density at radius 1 is 1.00 bits per heavy atom. The maximum absolute atomic E-state index is 12.4.